The average Bonchev–Trinajstić information content (AvgIpc) is 2.78. The van der Waals surface area contributed by atoms with Gasteiger partial charge in [-0.05, 0) is 42.5 Å². The molecule has 124 valence electrons. The summed E-state index contributed by atoms with van der Waals surface area (Å²) in [4.78, 5) is 25.0. The van der Waals surface area contributed by atoms with Gasteiger partial charge in [0.2, 0.25) is 0 Å². The highest BCUT2D eigenvalue weighted by Crippen LogP contribution is 2.41. The number of aromatic hydroxyl groups is 2. The van der Waals surface area contributed by atoms with Crippen molar-refractivity contribution in [2.24, 2.45) is 0 Å². The van der Waals surface area contributed by atoms with E-state index in [-0.39, 0.29) is 34.3 Å². The first kappa shape index (κ1) is 17.1. The molecule has 5 heteroatoms. The maximum atomic E-state index is 12.6. The summed E-state index contributed by atoms with van der Waals surface area (Å²) >= 11 is 0. The summed E-state index contributed by atoms with van der Waals surface area (Å²) in [6.45, 7) is 4.59. The van der Waals surface area contributed by atoms with Gasteiger partial charge in [-0.1, -0.05) is 26.7 Å². The highest BCUT2D eigenvalue weighted by Gasteiger charge is 2.34. The number of hydrogen-bond acceptors (Lipinski definition) is 4. The van der Waals surface area contributed by atoms with Crippen LogP contribution in [0.4, 0.5) is 0 Å². The minimum Gasteiger partial charge on any atom is -0.504 e. The summed E-state index contributed by atoms with van der Waals surface area (Å²) in [5.41, 5.74) is 1.65. The monoisotopic (exact) mass is 317 g/mol. The van der Waals surface area contributed by atoms with Crippen LogP contribution in [0.1, 0.15) is 61.9 Å². The number of ketones is 1. The van der Waals surface area contributed by atoms with Gasteiger partial charge in [0.1, 0.15) is 0 Å². The summed E-state index contributed by atoms with van der Waals surface area (Å²) < 4.78 is 0. The largest absolute Gasteiger partial charge is 0.504 e. The minimum absolute atomic E-state index is 0.148. The van der Waals surface area contributed by atoms with Crippen molar-refractivity contribution < 1.29 is 19.8 Å². The van der Waals surface area contributed by atoms with Gasteiger partial charge in [-0.25, -0.2) is 0 Å². The number of carbonyl (C=O) groups is 2. The summed E-state index contributed by atoms with van der Waals surface area (Å²) in [5.74, 6) is -1.38. The van der Waals surface area contributed by atoms with Crippen LogP contribution in [-0.4, -0.2) is 28.4 Å². The van der Waals surface area contributed by atoms with Crippen LogP contribution < -0.4 is 5.32 Å². The van der Waals surface area contributed by atoms with Gasteiger partial charge >= 0.3 is 0 Å². The highest BCUT2D eigenvalue weighted by molar-refractivity contribution is 6.34. The van der Waals surface area contributed by atoms with Crippen LogP contribution in [0, 0.1) is 0 Å². The van der Waals surface area contributed by atoms with Crippen LogP contribution in [0.2, 0.25) is 0 Å². The quantitative estimate of drug-likeness (QED) is 0.409. The molecular weight excluding hydrogens is 294 g/mol. The second-order valence-corrected chi connectivity index (χ2v) is 5.78. The Kier molecular flexibility index (Phi) is 5.42. The molecular formula is C18H23NO4. The van der Waals surface area contributed by atoms with Gasteiger partial charge in [-0.3, -0.25) is 9.59 Å². The molecule has 0 atom stereocenters. The summed E-state index contributed by atoms with van der Waals surface area (Å²) in [6.07, 6.45) is 4.18. The van der Waals surface area contributed by atoms with Crippen LogP contribution in [0.15, 0.2) is 17.7 Å². The molecule has 1 amide bonds. The number of benzene rings is 1. The highest BCUT2D eigenvalue weighted by atomic mass is 16.3. The Hall–Kier alpha value is -2.30. The van der Waals surface area contributed by atoms with E-state index in [4.69, 9.17) is 0 Å². The van der Waals surface area contributed by atoms with E-state index < -0.39 is 0 Å². The second kappa shape index (κ2) is 7.31. The third kappa shape index (κ3) is 3.38. The fourth-order valence-electron chi connectivity index (χ4n) is 2.74. The topological polar surface area (TPSA) is 86.6 Å². The fraction of sp³-hybridized carbons (Fsp3) is 0.444. The van der Waals surface area contributed by atoms with Crippen molar-refractivity contribution in [1.29, 1.82) is 0 Å². The zero-order chi connectivity index (χ0) is 17.0. The van der Waals surface area contributed by atoms with Crippen LogP contribution in [0.3, 0.4) is 0 Å². The predicted octanol–water partition coefficient (Wildman–Crippen LogP) is 3.15. The number of phenols is 2. The first-order chi connectivity index (χ1) is 11.0. The Morgan fingerprint density at radius 1 is 1.04 bits per heavy atom. The van der Waals surface area contributed by atoms with E-state index in [1.165, 1.54) is 12.1 Å². The van der Waals surface area contributed by atoms with Crippen molar-refractivity contribution in [2.75, 3.05) is 6.54 Å². The molecule has 0 radical (unpaired) electrons. The summed E-state index contributed by atoms with van der Waals surface area (Å²) in [7, 11) is 0. The maximum absolute atomic E-state index is 12.6. The molecule has 1 aromatic carbocycles. The molecule has 1 aliphatic rings. The molecule has 3 N–H and O–H groups in total. The molecule has 0 bridgehead atoms. The van der Waals surface area contributed by atoms with Gasteiger partial charge in [0.15, 0.2) is 17.3 Å². The van der Waals surface area contributed by atoms with Crippen molar-refractivity contribution >= 4 is 17.3 Å². The van der Waals surface area contributed by atoms with Crippen LogP contribution in [-0.2, 0) is 4.79 Å². The number of unbranched alkanes of at least 4 members (excludes halogenated alkanes) is 2. The molecule has 0 heterocycles. The number of carbonyl (C=O) groups excluding carboxylic acids is 2. The van der Waals surface area contributed by atoms with Crippen molar-refractivity contribution in [2.45, 2.75) is 46.0 Å². The van der Waals surface area contributed by atoms with Crippen LogP contribution >= 0.6 is 0 Å². The van der Waals surface area contributed by atoms with Gasteiger partial charge in [0.05, 0.1) is 5.57 Å². The van der Waals surface area contributed by atoms with Gasteiger partial charge in [0, 0.05) is 12.1 Å². The number of phenolic OH excluding ortho intramolecular Hbond substituents is 2. The van der Waals surface area contributed by atoms with E-state index in [0.717, 1.165) is 25.7 Å². The number of amides is 1. The Morgan fingerprint density at radius 2 is 1.65 bits per heavy atom. The van der Waals surface area contributed by atoms with E-state index in [9.17, 15) is 19.8 Å². The Labute approximate surface area is 136 Å². The lowest BCUT2D eigenvalue weighted by atomic mass is 9.99. The Bertz CT molecular complexity index is 661. The van der Waals surface area contributed by atoms with E-state index >= 15 is 0 Å². The lowest BCUT2D eigenvalue weighted by Gasteiger charge is -2.08. The lowest BCUT2D eigenvalue weighted by Crippen LogP contribution is -2.28. The molecule has 23 heavy (non-hydrogen) atoms. The molecule has 0 unspecified atom stereocenters. The van der Waals surface area contributed by atoms with E-state index in [1.54, 1.807) is 0 Å². The zero-order valence-electron chi connectivity index (χ0n) is 13.6. The summed E-state index contributed by atoms with van der Waals surface area (Å²) in [5, 5.41) is 22.2. The van der Waals surface area contributed by atoms with Gasteiger partial charge in [-0.15, -0.1) is 0 Å². The van der Waals surface area contributed by atoms with Crippen molar-refractivity contribution in [3.63, 3.8) is 0 Å². The third-order valence-electron chi connectivity index (χ3n) is 4.04. The molecule has 2 rings (SSSR count). The van der Waals surface area contributed by atoms with Crippen molar-refractivity contribution in [3.8, 4) is 11.5 Å². The molecule has 0 saturated heterocycles. The van der Waals surface area contributed by atoms with Crippen LogP contribution in [0.5, 0.6) is 11.5 Å². The number of hydrogen-bond donors (Lipinski definition) is 3. The number of Topliss-reactive ketones (excluding diaryl/α,β-unsaturated/α-hetero) is 1. The van der Waals surface area contributed by atoms with E-state index in [0.29, 0.717) is 24.1 Å². The van der Waals surface area contributed by atoms with Crippen LogP contribution in [0.25, 0.3) is 5.57 Å². The van der Waals surface area contributed by atoms with Crippen molar-refractivity contribution in [1.82, 2.24) is 5.32 Å². The first-order valence-corrected chi connectivity index (χ1v) is 8.13. The van der Waals surface area contributed by atoms with Gasteiger partial charge < -0.3 is 15.5 Å². The van der Waals surface area contributed by atoms with Gasteiger partial charge in [0.25, 0.3) is 5.91 Å². The lowest BCUT2D eigenvalue weighted by molar-refractivity contribution is -0.117. The first-order valence-electron chi connectivity index (χ1n) is 8.13. The molecule has 5 nitrogen and oxygen atoms in total. The third-order valence-corrected chi connectivity index (χ3v) is 4.04. The number of fused-ring (bicyclic) bond motifs is 1. The maximum Gasteiger partial charge on any atom is 0.255 e. The molecule has 0 aliphatic heterocycles. The molecule has 0 saturated carbocycles. The standard InChI is InChI=1S/C18H23NO4/c1-3-5-7-11-12-9-14(20)15(21)10-13(12)17(22)16(11)18(23)19-8-6-4-2/h9-10,20-21H,3-8H2,1-2H3,(H,19,23). The molecule has 1 aliphatic carbocycles. The van der Waals surface area contributed by atoms with Gasteiger partial charge in [-0.2, -0.15) is 0 Å². The average molecular weight is 317 g/mol. The predicted molar refractivity (Wildman–Crippen MR) is 88.5 cm³/mol. The fourth-order valence-corrected chi connectivity index (χ4v) is 2.74. The zero-order valence-corrected chi connectivity index (χ0v) is 13.6. The molecule has 1 aromatic rings. The van der Waals surface area contributed by atoms with Crippen molar-refractivity contribution in [3.05, 3.63) is 28.8 Å². The normalized spacial score (nSPS) is 13.4. The number of rotatable bonds is 7. The Morgan fingerprint density at radius 3 is 2.26 bits per heavy atom. The van der Waals surface area contributed by atoms with E-state index in [1.807, 2.05) is 13.8 Å². The molecule has 0 spiro atoms. The number of nitrogens with one attached hydrogen (secondary N) is 1. The molecule has 0 aromatic heterocycles. The molecule has 0 fully saturated rings. The van der Waals surface area contributed by atoms with E-state index in [2.05, 4.69) is 5.32 Å². The smallest absolute Gasteiger partial charge is 0.255 e. The summed E-state index contributed by atoms with van der Waals surface area (Å²) in [6, 6.07) is 2.62. The number of allylic oxidation sites excluding steroid dienone is 1. The second-order valence-electron chi connectivity index (χ2n) is 5.78. The Balaban J connectivity index is 2.40. The minimum atomic E-state index is -0.379. The SMILES string of the molecule is CCCCNC(=O)C1=C(CCCC)c2cc(O)c(O)cc2C1=O.